The lowest BCUT2D eigenvalue weighted by atomic mass is 9.91. The molecule has 0 N–H and O–H groups in total. The van der Waals surface area contributed by atoms with E-state index in [4.69, 9.17) is 21.6 Å². The molecule has 0 saturated carbocycles. The molecular formula is C12H12ClNO. The molecule has 15 heavy (non-hydrogen) atoms. The molecule has 1 aliphatic heterocycles. The Bertz CT molecular complexity index is 391. The first kappa shape index (κ1) is 10.5. The molecule has 78 valence electrons. The van der Waals surface area contributed by atoms with E-state index in [-0.39, 0.29) is 0 Å². The van der Waals surface area contributed by atoms with Crippen molar-refractivity contribution in [3.63, 3.8) is 0 Å². The minimum atomic E-state index is 0.444. The van der Waals surface area contributed by atoms with Crippen LogP contribution < -0.4 is 0 Å². The first-order chi connectivity index (χ1) is 7.31. The van der Waals surface area contributed by atoms with Crippen LogP contribution in [-0.2, 0) is 4.74 Å². The second-order valence-electron chi connectivity index (χ2n) is 3.73. The molecule has 0 aliphatic carbocycles. The Kier molecular flexibility index (Phi) is 3.25. The van der Waals surface area contributed by atoms with Gasteiger partial charge in [0.1, 0.15) is 0 Å². The minimum Gasteiger partial charge on any atom is -0.381 e. The molecule has 0 radical (unpaired) electrons. The van der Waals surface area contributed by atoms with Crippen LogP contribution in [0, 0.1) is 11.3 Å². The molecule has 1 aromatic rings. The van der Waals surface area contributed by atoms with Crippen molar-refractivity contribution in [2.24, 2.45) is 0 Å². The Hall–Kier alpha value is -1.04. The summed E-state index contributed by atoms with van der Waals surface area (Å²) in [6, 6.07) is 7.61. The third kappa shape index (κ3) is 2.31. The molecule has 0 spiro atoms. The van der Waals surface area contributed by atoms with Gasteiger partial charge in [-0.25, -0.2) is 0 Å². The molecule has 3 heteroatoms. The van der Waals surface area contributed by atoms with Crippen LogP contribution in [-0.4, -0.2) is 13.2 Å². The van der Waals surface area contributed by atoms with Gasteiger partial charge in [0, 0.05) is 18.2 Å². The van der Waals surface area contributed by atoms with E-state index in [1.165, 1.54) is 0 Å². The van der Waals surface area contributed by atoms with Crippen LogP contribution >= 0.6 is 11.6 Å². The number of rotatable bonds is 1. The normalized spacial score (nSPS) is 17.3. The van der Waals surface area contributed by atoms with Gasteiger partial charge in [0.25, 0.3) is 0 Å². The third-order valence-electron chi connectivity index (χ3n) is 2.79. The highest BCUT2D eigenvalue weighted by atomic mass is 35.5. The van der Waals surface area contributed by atoms with Crippen LogP contribution in [0.1, 0.15) is 29.9 Å². The van der Waals surface area contributed by atoms with Gasteiger partial charge in [0.15, 0.2) is 0 Å². The highest BCUT2D eigenvalue weighted by Gasteiger charge is 2.18. The largest absolute Gasteiger partial charge is 0.381 e. The molecule has 1 aromatic carbocycles. The second kappa shape index (κ2) is 4.65. The predicted octanol–water partition coefficient (Wildman–Crippen LogP) is 3.11. The molecule has 2 nitrogen and oxygen atoms in total. The Balaban J connectivity index is 2.29. The maximum absolute atomic E-state index is 8.83. The molecule has 0 unspecified atom stereocenters. The summed E-state index contributed by atoms with van der Waals surface area (Å²) in [5.74, 6) is 0.444. The zero-order valence-electron chi connectivity index (χ0n) is 8.37. The number of halogens is 1. The standard InChI is InChI=1S/C12H12ClNO/c13-12-2-1-9(8-14)7-11(12)10-3-5-15-6-4-10/h1-2,7,10H,3-6H2. The summed E-state index contributed by atoms with van der Waals surface area (Å²) in [6.45, 7) is 1.58. The minimum absolute atomic E-state index is 0.444. The van der Waals surface area contributed by atoms with E-state index in [9.17, 15) is 0 Å². The van der Waals surface area contributed by atoms with Gasteiger partial charge < -0.3 is 4.74 Å². The Morgan fingerprint density at radius 1 is 1.33 bits per heavy atom. The van der Waals surface area contributed by atoms with Gasteiger partial charge >= 0.3 is 0 Å². The average molecular weight is 222 g/mol. The van der Waals surface area contributed by atoms with Crippen molar-refractivity contribution in [3.05, 3.63) is 34.3 Å². The summed E-state index contributed by atoms with van der Waals surface area (Å²) in [5.41, 5.74) is 1.78. The van der Waals surface area contributed by atoms with Gasteiger partial charge in [-0.1, -0.05) is 11.6 Å². The van der Waals surface area contributed by atoms with E-state index in [1.807, 2.05) is 12.1 Å². The summed E-state index contributed by atoms with van der Waals surface area (Å²) in [7, 11) is 0. The van der Waals surface area contributed by atoms with E-state index in [2.05, 4.69) is 6.07 Å². The van der Waals surface area contributed by atoms with Crippen molar-refractivity contribution in [2.75, 3.05) is 13.2 Å². The Morgan fingerprint density at radius 2 is 2.07 bits per heavy atom. The van der Waals surface area contributed by atoms with Crippen molar-refractivity contribution >= 4 is 11.6 Å². The number of nitriles is 1. The molecule has 0 amide bonds. The number of hydrogen-bond donors (Lipinski definition) is 0. The van der Waals surface area contributed by atoms with Crippen molar-refractivity contribution < 1.29 is 4.74 Å². The summed E-state index contributed by atoms with van der Waals surface area (Å²) in [4.78, 5) is 0. The zero-order chi connectivity index (χ0) is 10.7. The van der Waals surface area contributed by atoms with Gasteiger partial charge in [0.2, 0.25) is 0 Å². The first-order valence-corrected chi connectivity index (χ1v) is 5.46. The fourth-order valence-corrected chi connectivity index (χ4v) is 2.21. The number of benzene rings is 1. The highest BCUT2D eigenvalue weighted by molar-refractivity contribution is 6.31. The van der Waals surface area contributed by atoms with E-state index >= 15 is 0 Å². The third-order valence-corrected chi connectivity index (χ3v) is 3.13. The van der Waals surface area contributed by atoms with Gasteiger partial charge in [-0.2, -0.15) is 5.26 Å². The molecule has 0 bridgehead atoms. The van der Waals surface area contributed by atoms with Gasteiger partial charge in [-0.15, -0.1) is 0 Å². The maximum atomic E-state index is 8.83. The van der Waals surface area contributed by atoms with E-state index in [0.717, 1.165) is 36.6 Å². The van der Waals surface area contributed by atoms with E-state index in [1.54, 1.807) is 6.07 Å². The summed E-state index contributed by atoms with van der Waals surface area (Å²) in [5, 5.41) is 9.60. The van der Waals surface area contributed by atoms with Crippen LogP contribution in [0.3, 0.4) is 0 Å². The van der Waals surface area contributed by atoms with Crippen LogP contribution in [0.4, 0.5) is 0 Å². The fraction of sp³-hybridized carbons (Fsp3) is 0.417. The SMILES string of the molecule is N#Cc1ccc(Cl)c(C2CCOCC2)c1. The molecule has 0 atom stereocenters. The van der Waals surface area contributed by atoms with Crippen LogP contribution in [0.15, 0.2) is 18.2 Å². The van der Waals surface area contributed by atoms with Crippen LogP contribution in [0.25, 0.3) is 0 Å². The lowest BCUT2D eigenvalue weighted by Gasteiger charge is -2.23. The van der Waals surface area contributed by atoms with E-state index in [0.29, 0.717) is 11.5 Å². The number of hydrogen-bond acceptors (Lipinski definition) is 2. The highest BCUT2D eigenvalue weighted by Crippen LogP contribution is 2.32. The smallest absolute Gasteiger partial charge is 0.0991 e. The second-order valence-corrected chi connectivity index (χ2v) is 4.14. The Morgan fingerprint density at radius 3 is 2.73 bits per heavy atom. The molecule has 1 fully saturated rings. The first-order valence-electron chi connectivity index (χ1n) is 5.08. The maximum Gasteiger partial charge on any atom is 0.0991 e. The van der Waals surface area contributed by atoms with Crippen molar-refractivity contribution in [2.45, 2.75) is 18.8 Å². The molecule has 0 aromatic heterocycles. The van der Waals surface area contributed by atoms with Crippen molar-refractivity contribution in [3.8, 4) is 6.07 Å². The molecule has 2 rings (SSSR count). The summed E-state index contributed by atoms with van der Waals surface area (Å²) < 4.78 is 5.31. The lowest BCUT2D eigenvalue weighted by molar-refractivity contribution is 0.0853. The van der Waals surface area contributed by atoms with E-state index < -0.39 is 0 Å². The summed E-state index contributed by atoms with van der Waals surface area (Å²) in [6.07, 6.45) is 1.99. The molecular weight excluding hydrogens is 210 g/mol. The lowest BCUT2D eigenvalue weighted by Crippen LogP contribution is -2.14. The Labute approximate surface area is 94.4 Å². The van der Waals surface area contributed by atoms with Crippen molar-refractivity contribution in [1.29, 1.82) is 5.26 Å². The topological polar surface area (TPSA) is 33.0 Å². The van der Waals surface area contributed by atoms with Gasteiger partial charge in [-0.05, 0) is 42.5 Å². The van der Waals surface area contributed by atoms with Gasteiger partial charge in [0.05, 0.1) is 11.6 Å². The summed E-state index contributed by atoms with van der Waals surface area (Å²) >= 11 is 6.14. The zero-order valence-corrected chi connectivity index (χ0v) is 9.13. The fourth-order valence-electron chi connectivity index (χ4n) is 1.93. The molecule has 1 aliphatic rings. The van der Waals surface area contributed by atoms with Crippen LogP contribution in [0.2, 0.25) is 5.02 Å². The molecule has 1 saturated heterocycles. The quantitative estimate of drug-likeness (QED) is 0.730. The number of ether oxygens (including phenoxy) is 1. The van der Waals surface area contributed by atoms with Crippen LogP contribution in [0.5, 0.6) is 0 Å². The van der Waals surface area contributed by atoms with Crippen molar-refractivity contribution in [1.82, 2.24) is 0 Å². The number of nitrogens with zero attached hydrogens (tertiary/aromatic N) is 1. The monoisotopic (exact) mass is 221 g/mol. The molecule has 1 heterocycles. The van der Waals surface area contributed by atoms with Gasteiger partial charge in [-0.3, -0.25) is 0 Å². The predicted molar refractivity (Wildman–Crippen MR) is 59.0 cm³/mol. The average Bonchev–Trinajstić information content (AvgIpc) is 2.31.